The molecular formula is C15H18N2O4S. The minimum Gasteiger partial charge on any atom is -0.497 e. The van der Waals surface area contributed by atoms with Crippen molar-refractivity contribution in [3.63, 3.8) is 0 Å². The van der Waals surface area contributed by atoms with E-state index in [0.29, 0.717) is 16.4 Å². The van der Waals surface area contributed by atoms with E-state index in [2.05, 4.69) is 10.6 Å². The molecule has 2 rings (SSSR count). The van der Waals surface area contributed by atoms with Crippen LogP contribution in [0.1, 0.15) is 11.6 Å². The maximum atomic E-state index is 12.2. The first kappa shape index (κ1) is 16.3. The van der Waals surface area contributed by atoms with E-state index in [0.717, 1.165) is 11.3 Å². The molecule has 0 spiro atoms. The molecule has 118 valence electrons. The van der Waals surface area contributed by atoms with E-state index in [9.17, 15) is 4.79 Å². The third-order valence-corrected chi connectivity index (χ3v) is 3.52. The summed E-state index contributed by atoms with van der Waals surface area (Å²) in [7, 11) is 4.50. The Morgan fingerprint density at radius 1 is 1.23 bits per heavy atom. The smallest absolute Gasteiger partial charge is 0.338 e. The van der Waals surface area contributed by atoms with Gasteiger partial charge in [0.25, 0.3) is 0 Å². The first-order valence-electron chi connectivity index (χ1n) is 6.62. The van der Waals surface area contributed by atoms with E-state index in [1.165, 1.54) is 7.11 Å². The van der Waals surface area contributed by atoms with Gasteiger partial charge in [-0.1, -0.05) is 12.1 Å². The number of thiocarbonyl (C=S) groups is 1. The Morgan fingerprint density at radius 3 is 2.45 bits per heavy atom. The number of carbonyl (C=O) groups is 1. The molecule has 1 atom stereocenters. The second kappa shape index (κ2) is 7.24. The van der Waals surface area contributed by atoms with Gasteiger partial charge in [-0.05, 0) is 29.9 Å². The standard InChI is InChI=1S/C15H18N2O4S/c1-19-8-11-12(14(18)21-3)13(17-15(22)16-11)9-4-6-10(20-2)7-5-9/h4-7,13H,8H2,1-3H3,(H2,16,17,22). The highest BCUT2D eigenvalue weighted by atomic mass is 32.1. The van der Waals surface area contributed by atoms with Crippen molar-refractivity contribution in [1.82, 2.24) is 10.6 Å². The van der Waals surface area contributed by atoms with Crippen LogP contribution in [0.5, 0.6) is 5.75 Å². The normalized spacial score (nSPS) is 17.6. The predicted molar refractivity (Wildman–Crippen MR) is 85.5 cm³/mol. The van der Waals surface area contributed by atoms with Crippen molar-refractivity contribution in [3.05, 3.63) is 41.1 Å². The molecule has 1 aromatic carbocycles. The fourth-order valence-electron chi connectivity index (χ4n) is 2.27. The van der Waals surface area contributed by atoms with Crippen LogP contribution in [0.2, 0.25) is 0 Å². The maximum Gasteiger partial charge on any atom is 0.338 e. The van der Waals surface area contributed by atoms with Gasteiger partial charge in [-0.2, -0.15) is 0 Å². The number of methoxy groups -OCH3 is 3. The summed E-state index contributed by atoms with van der Waals surface area (Å²) in [6, 6.07) is 6.99. The van der Waals surface area contributed by atoms with E-state index >= 15 is 0 Å². The fourth-order valence-corrected chi connectivity index (χ4v) is 2.51. The Labute approximate surface area is 134 Å². The van der Waals surface area contributed by atoms with Gasteiger partial charge in [0, 0.05) is 7.11 Å². The minimum absolute atomic E-state index is 0.235. The number of ether oxygens (including phenoxy) is 3. The molecule has 0 aromatic heterocycles. The molecule has 0 radical (unpaired) electrons. The minimum atomic E-state index is -0.435. The third-order valence-electron chi connectivity index (χ3n) is 3.30. The van der Waals surface area contributed by atoms with E-state index in [1.54, 1.807) is 14.2 Å². The maximum absolute atomic E-state index is 12.2. The number of carbonyl (C=O) groups excluding carboxylic acids is 1. The first-order valence-corrected chi connectivity index (χ1v) is 7.03. The summed E-state index contributed by atoms with van der Waals surface area (Å²) in [6.45, 7) is 0.235. The van der Waals surface area contributed by atoms with E-state index in [4.69, 9.17) is 26.4 Å². The molecule has 1 unspecified atom stereocenters. The van der Waals surface area contributed by atoms with Gasteiger partial charge in [-0.3, -0.25) is 0 Å². The van der Waals surface area contributed by atoms with Crippen molar-refractivity contribution in [2.45, 2.75) is 6.04 Å². The number of hydrogen-bond acceptors (Lipinski definition) is 5. The molecule has 0 aliphatic carbocycles. The molecule has 22 heavy (non-hydrogen) atoms. The largest absolute Gasteiger partial charge is 0.497 e. The second-order valence-corrected chi connectivity index (χ2v) is 5.03. The van der Waals surface area contributed by atoms with Gasteiger partial charge in [-0.25, -0.2) is 4.79 Å². The highest BCUT2D eigenvalue weighted by Crippen LogP contribution is 2.28. The van der Waals surface area contributed by atoms with Crippen LogP contribution >= 0.6 is 12.2 Å². The van der Waals surface area contributed by atoms with Crippen molar-refractivity contribution >= 4 is 23.3 Å². The number of nitrogens with one attached hydrogen (secondary N) is 2. The molecule has 0 bridgehead atoms. The van der Waals surface area contributed by atoms with E-state index < -0.39 is 12.0 Å². The van der Waals surface area contributed by atoms with Crippen LogP contribution < -0.4 is 15.4 Å². The van der Waals surface area contributed by atoms with Crippen LogP contribution in [-0.2, 0) is 14.3 Å². The summed E-state index contributed by atoms with van der Waals surface area (Å²) in [5.74, 6) is 0.302. The van der Waals surface area contributed by atoms with Crippen LogP contribution in [0.25, 0.3) is 0 Å². The van der Waals surface area contributed by atoms with Crippen LogP contribution in [-0.4, -0.2) is 39.0 Å². The fraction of sp³-hybridized carbons (Fsp3) is 0.333. The molecule has 1 aromatic rings. The monoisotopic (exact) mass is 322 g/mol. The number of esters is 1. The Hall–Kier alpha value is -2.12. The highest BCUT2D eigenvalue weighted by molar-refractivity contribution is 7.80. The molecule has 2 N–H and O–H groups in total. The van der Waals surface area contributed by atoms with Crippen molar-refractivity contribution < 1.29 is 19.0 Å². The average Bonchev–Trinajstić information content (AvgIpc) is 2.54. The number of benzene rings is 1. The van der Waals surface area contributed by atoms with Crippen molar-refractivity contribution in [1.29, 1.82) is 0 Å². The van der Waals surface area contributed by atoms with Gasteiger partial charge >= 0.3 is 5.97 Å². The summed E-state index contributed by atoms with van der Waals surface area (Å²) in [4.78, 5) is 12.2. The molecular weight excluding hydrogens is 304 g/mol. The molecule has 1 aliphatic rings. The quantitative estimate of drug-likeness (QED) is 0.625. The zero-order valence-corrected chi connectivity index (χ0v) is 13.5. The molecule has 7 heteroatoms. The molecule has 0 saturated carbocycles. The summed E-state index contributed by atoms with van der Waals surface area (Å²) < 4.78 is 15.2. The van der Waals surface area contributed by atoms with Crippen LogP contribution in [0.15, 0.2) is 35.5 Å². The molecule has 1 aliphatic heterocycles. The van der Waals surface area contributed by atoms with Crippen LogP contribution in [0.3, 0.4) is 0 Å². The summed E-state index contributed by atoms with van der Waals surface area (Å²) in [6.07, 6.45) is 0. The van der Waals surface area contributed by atoms with Gasteiger partial charge < -0.3 is 24.8 Å². The lowest BCUT2D eigenvalue weighted by molar-refractivity contribution is -0.136. The average molecular weight is 322 g/mol. The second-order valence-electron chi connectivity index (χ2n) is 4.62. The Kier molecular flexibility index (Phi) is 5.35. The number of rotatable bonds is 5. The third kappa shape index (κ3) is 3.37. The molecule has 0 fully saturated rings. The van der Waals surface area contributed by atoms with Crippen molar-refractivity contribution in [2.24, 2.45) is 0 Å². The van der Waals surface area contributed by atoms with E-state index in [1.807, 2.05) is 24.3 Å². The summed E-state index contributed by atoms with van der Waals surface area (Å²) in [5.41, 5.74) is 1.92. The molecule has 0 amide bonds. The Bertz CT molecular complexity index is 598. The van der Waals surface area contributed by atoms with Gasteiger partial charge in [0.2, 0.25) is 0 Å². The Morgan fingerprint density at radius 2 is 1.91 bits per heavy atom. The van der Waals surface area contributed by atoms with E-state index in [-0.39, 0.29) is 6.61 Å². The molecule has 0 saturated heterocycles. The SMILES string of the molecule is COCC1=C(C(=O)OC)C(c2ccc(OC)cc2)NC(=S)N1. The Balaban J connectivity index is 2.46. The zero-order valence-electron chi connectivity index (χ0n) is 12.6. The van der Waals surface area contributed by atoms with Crippen LogP contribution in [0, 0.1) is 0 Å². The first-order chi connectivity index (χ1) is 10.6. The lowest BCUT2D eigenvalue weighted by Crippen LogP contribution is -2.46. The predicted octanol–water partition coefficient (Wildman–Crippen LogP) is 1.29. The summed E-state index contributed by atoms with van der Waals surface area (Å²) in [5, 5.41) is 6.47. The van der Waals surface area contributed by atoms with Gasteiger partial charge in [0.1, 0.15) is 5.75 Å². The number of hydrogen-bond donors (Lipinski definition) is 2. The molecule has 6 nitrogen and oxygen atoms in total. The van der Waals surface area contributed by atoms with Crippen molar-refractivity contribution in [3.8, 4) is 5.75 Å². The van der Waals surface area contributed by atoms with Crippen LogP contribution in [0.4, 0.5) is 0 Å². The van der Waals surface area contributed by atoms with Gasteiger partial charge in [0.15, 0.2) is 5.11 Å². The summed E-state index contributed by atoms with van der Waals surface area (Å²) >= 11 is 5.21. The highest BCUT2D eigenvalue weighted by Gasteiger charge is 2.32. The van der Waals surface area contributed by atoms with Gasteiger partial charge in [0.05, 0.1) is 38.1 Å². The zero-order chi connectivity index (χ0) is 16.1. The molecule has 1 heterocycles. The lowest BCUT2D eigenvalue weighted by atomic mass is 9.95. The van der Waals surface area contributed by atoms with Gasteiger partial charge in [-0.15, -0.1) is 0 Å². The topological polar surface area (TPSA) is 68.8 Å². The lowest BCUT2D eigenvalue weighted by Gasteiger charge is -2.30. The van der Waals surface area contributed by atoms with Crippen molar-refractivity contribution in [2.75, 3.05) is 27.9 Å².